The molecule has 4 aromatic carbocycles. The predicted octanol–water partition coefficient (Wildman–Crippen LogP) is 8.46. The highest BCUT2D eigenvalue weighted by Crippen LogP contribution is 2.38. The number of hydrogen-bond donors (Lipinski definition) is 2. The van der Waals surface area contributed by atoms with Crippen LogP contribution in [0.3, 0.4) is 0 Å². The van der Waals surface area contributed by atoms with E-state index >= 15 is 0 Å². The third-order valence-corrected chi connectivity index (χ3v) is 12.8. The highest BCUT2D eigenvalue weighted by Gasteiger charge is 2.37. The molecule has 2 aliphatic rings. The Bertz CT molecular complexity index is 3210. The molecule has 0 saturated carbocycles. The Kier molecular flexibility index (Phi) is 12.9. The molecule has 0 aliphatic carbocycles. The van der Waals surface area contributed by atoms with Crippen molar-refractivity contribution >= 4 is 51.3 Å². The number of piperidine rings is 2. The van der Waals surface area contributed by atoms with Gasteiger partial charge < -0.3 is 25.4 Å². The summed E-state index contributed by atoms with van der Waals surface area (Å²) in [6.45, 7) is 9.55. The van der Waals surface area contributed by atoms with Gasteiger partial charge in [0.1, 0.15) is 64.6 Å². The number of benzene rings is 4. The molecule has 0 bridgehead atoms. The molecule has 2 unspecified atom stereocenters. The third-order valence-electron chi connectivity index (χ3n) is 12.8. The molecule has 3 N–H and O–H groups in total. The Morgan fingerprint density at radius 1 is 0.657 bits per heavy atom. The van der Waals surface area contributed by atoms with Gasteiger partial charge in [-0.3, -0.25) is 19.3 Å². The Morgan fingerprint density at radius 2 is 1.19 bits per heavy atom. The molecule has 2 aliphatic heterocycles. The number of anilines is 2. The Morgan fingerprint density at radius 3 is 1.77 bits per heavy atom. The van der Waals surface area contributed by atoms with Gasteiger partial charge in [0, 0.05) is 37.3 Å². The van der Waals surface area contributed by atoms with E-state index in [4.69, 9.17) is 30.4 Å². The van der Waals surface area contributed by atoms with Crippen LogP contribution in [0.5, 0.6) is 23.0 Å². The van der Waals surface area contributed by atoms with Crippen LogP contribution in [-0.4, -0.2) is 99.6 Å². The van der Waals surface area contributed by atoms with Crippen molar-refractivity contribution in [3.8, 4) is 45.5 Å². The second kappa shape index (κ2) is 20.0. The van der Waals surface area contributed by atoms with Crippen molar-refractivity contribution in [1.82, 2.24) is 49.3 Å². The van der Waals surface area contributed by atoms with Gasteiger partial charge in [-0.25, -0.2) is 29.3 Å². The lowest BCUT2D eigenvalue weighted by molar-refractivity contribution is -0.142. The number of rotatable bonds is 15. The Labute approximate surface area is 403 Å². The van der Waals surface area contributed by atoms with Crippen molar-refractivity contribution in [3.63, 3.8) is 0 Å². The van der Waals surface area contributed by atoms with Crippen LogP contribution in [0.1, 0.15) is 37.8 Å². The number of hydrogen-bond acceptors (Lipinski definition) is 13. The number of allylic oxidation sites excluding steroid dienone is 1. The Hall–Kier alpha value is -8.57. The number of fused-ring (bicyclic) bond motifs is 2. The summed E-state index contributed by atoms with van der Waals surface area (Å²) in [5.41, 5.74) is 10.4. The number of likely N-dealkylation sites (tertiary alicyclic amines) is 2. The third kappa shape index (κ3) is 9.33. The largest absolute Gasteiger partial charge is 0.457 e. The molecular weight excluding hydrogens is 885 g/mol. The van der Waals surface area contributed by atoms with E-state index in [0.717, 1.165) is 36.1 Å². The summed E-state index contributed by atoms with van der Waals surface area (Å²) in [6.07, 6.45) is 8.21. The van der Waals surface area contributed by atoms with Crippen molar-refractivity contribution < 1.29 is 23.9 Å². The average Bonchev–Trinajstić information content (AvgIpc) is 4.00. The molecule has 3 atom stereocenters. The number of ether oxygens (including phenoxy) is 2. The molecular formula is C53H50N12O5. The number of nitrogens with zero attached hydrogens (tertiary/aromatic N) is 10. The van der Waals surface area contributed by atoms with Crippen molar-refractivity contribution in [1.29, 1.82) is 0 Å². The Balaban J connectivity index is 0.884. The number of nitrogens with two attached hydrogens (primary N) is 1. The maximum absolute atomic E-state index is 14.7. The van der Waals surface area contributed by atoms with Gasteiger partial charge >= 0.3 is 0 Å². The van der Waals surface area contributed by atoms with Gasteiger partial charge in [-0.15, -0.1) is 0 Å². The van der Waals surface area contributed by atoms with Gasteiger partial charge in [0.05, 0.1) is 22.9 Å². The van der Waals surface area contributed by atoms with Gasteiger partial charge in [-0.1, -0.05) is 49.6 Å². The van der Waals surface area contributed by atoms with E-state index in [-0.39, 0.29) is 30.3 Å². The smallest absolute Gasteiger partial charge is 0.248 e. The zero-order valence-corrected chi connectivity index (χ0v) is 38.3. The summed E-state index contributed by atoms with van der Waals surface area (Å²) < 4.78 is 15.8. The van der Waals surface area contributed by atoms with Crippen molar-refractivity contribution in [2.45, 2.75) is 37.8 Å². The van der Waals surface area contributed by atoms with Gasteiger partial charge in [0.25, 0.3) is 0 Å². The molecule has 0 radical (unpaired) electrons. The van der Waals surface area contributed by atoms with Crippen LogP contribution in [-0.2, 0) is 14.4 Å². The fraction of sp³-hybridized carbons (Fsp3) is 0.226. The van der Waals surface area contributed by atoms with Crippen LogP contribution in [0.25, 0.3) is 44.6 Å². The van der Waals surface area contributed by atoms with Crippen LogP contribution in [0, 0.1) is 5.92 Å². The molecule has 6 heterocycles. The summed E-state index contributed by atoms with van der Waals surface area (Å²) in [5, 5.41) is 14.3. The fourth-order valence-corrected chi connectivity index (χ4v) is 9.42. The molecule has 8 aromatic rings. The number of nitrogens with one attached hydrogen (secondary N) is 1. The number of para-hydroxylation sites is 2. The number of amides is 2. The number of carbonyl (C=O) groups is 3. The maximum Gasteiger partial charge on any atom is 0.248 e. The quantitative estimate of drug-likeness (QED) is 0.0733. The molecule has 17 heteroatoms. The molecule has 0 spiro atoms. The highest BCUT2D eigenvalue weighted by molar-refractivity contribution is 6.08. The molecule has 4 aromatic heterocycles. The van der Waals surface area contributed by atoms with Crippen molar-refractivity contribution in [2.24, 2.45) is 5.92 Å². The first-order valence-corrected chi connectivity index (χ1v) is 23.2. The lowest BCUT2D eigenvalue weighted by Crippen LogP contribution is -2.50. The normalized spacial score (nSPS) is 16.7. The van der Waals surface area contributed by atoms with E-state index in [2.05, 4.69) is 38.3 Å². The summed E-state index contributed by atoms with van der Waals surface area (Å²) >= 11 is 0. The van der Waals surface area contributed by atoms with Crippen molar-refractivity contribution in [3.05, 3.63) is 147 Å². The minimum atomic E-state index is -0.987. The van der Waals surface area contributed by atoms with Gasteiger partial charge in [0.2, 0.25) is 11.8 Å². The average molecular weight is 935 g/mol. The monoisotopic (exact) mass is 934 g/mol. The van der Waals surface area contributed by atoms with Crippen LogP contribution >= 0.6 is 0 Å². The molecule has 2 amide bonds. The van der Waals surface area contributed by atoms with Crippen molar-refractivity contribution in [2.75, 3.05) is 43.8 Å². The topological polar surface area (TPSA) is 201 Å². The molecule has 10 rings (SSSR count). The first-order valence-electron chi connectivity index (χ1n) is 23.2. The minimum Gasteiger partial charge on any atom is -0.457 e. The summed E-state index contributed by atoms with van der Waals surface area (Å²) in [5.74, 6) is 1.33. The number of aromatic nitrogens is 8. The summed E-state index contributed by atoms with van der Waals surface area (Å²) in [4.78, 5) is 63.0. The highest BCUT2D eigenvalue weighted by atomic mass is 16.5. The number of carbonyl (C=O) groups excluding carboxylic acids is 3. The maximum atomic E-state index is 14.7. The second-order valence-corrected chi connectivity index (χ2v) is 17.3. The summed E-state index contributed by atoms with van der Waals surface area (Å²) in [6, 6.07) is 33.8. The van der Waals surface area contributed by atoms with Gasteiger partial charge in [0.15, 0.2) is 17.1 Å². The van der Waals surface area contributed by atoms with E-state index < -0.39 is 11.8 Å². The first-order chi connectivity index (χ1) is 34.2. The van der Waals surface area contributed by atoms with Crippen LogP contribution in [0.15, 0.2) is 147 Å². The van der Waals surface area contributed by atoms with Crippen LogP contribution < -0.4 is 20.5 Å². The first kappa shape index (κ1) is 45.2. The lowest BCUT2D eigenvalue weighted by atomic mass is 9.96. The predicted molar refractivity (Wildman–Crippen MR) is 266 cm³/mol. The van der Waals surface area contributed by atoms with E-state index in [9.17, 15) is 14.4 Å². The lowest BCUT2D eigenvalue weighted by Gasteiger charge is -2.37. The van der Waals surface area contributed by atoms with E-state index in [0.29, 0.717) is 94.9 Å². The zero-order chi connectivity index (χ0) is 48.1. The SMILES string of the molecule is C=CC(=O)Nc1ncnc2c1c(-c1ccc(Oc3ccccc3)cc1)nn2C1CCCN(CC(C(=O)C=C)C(=O)N2CCC[C@@H](n3nc(-c4ccc(Oc5ccccc5)cc4)c4c(N)ncnc43)C2)C1. The van der Waals surface area contributed by atoms with Gasteiger partial charge in [-0.05, 0) is 117 Å². The van der Waals surface area contributed by atoms with Crippen LogP contribution in [0.4, 0.5) is 11.6 Å². The number of nitrogen functional groups attached to an aromatic ring is 1. The van der Waals surface area contributed by atoms with Crippen LogP contribution in [0.2, 0.25) is 0 Å². The molecule has 2 saturated heterocycles. The molecule has 2 fully saturated rings. The van der Waals surface area contributed by atoms with Gasteiger partial charge in [-0.2, -0.15) is 10.2 Å². The second-order valence-electron chi connectivity index (χ2n) is 17.3. The standard InChI is InChI=1S/C53H50N12O5/c1-3-43(66)42(53(68)63-28-12-14-37(30-63)65-51-45(49(54)55-32-57-51)47(60-65)34-19-23-40(24-20-34)69-38-15-7-5-8-16-38)31-62-27-11-13-36(29-62)64-52-46(50(56-33-58-52)59-44(67)4-2)48(61-64)35-21-25-41(26-22-35)70-39-17-9-6-10-18-39/h3-10,15-26,32-33,36-37,42H,1-2,11-14,27-31H2,(H2,54,55,57)(H,56,58,59,67)/t36?,37-,42?/m1/s1. The van der Waals surface area contributed by atoms with E-state index in [1.54, 1.807) is 4.90 Å². The molecule has 17 nitrogen and oxygen atoms in total. The fourth-order valence-electron chi connectivity index (χ4n) is 9.42. The zero-order valence-electron chi connectivity index (χ0n) is 38.3. The number of ketones is 1. The van der Waals surface area contributed by atoms with E-state index in [1.807, 2.05) is 119 Å². The molecule has 70 heavy (non-hydrogen) atoms. The molecule has 352 valence electrons. The minimum absolute atomic E-state index is 0.189. The summed E-state index contributed by atoms with van der Waals surface area (Å²) in [7, 11) is 0. The van der Waals surface area contributed by atoms with E-state index in [1.165, 1.54) is 24.8 Å².